The summed E-state index contributed by atoms with van der Waals surface area (Å²) in [4.78, 5) is 0. The number of hydrogen-bond donors (Lipinski definition) is 1. The van der Waals surface area contributed by atoms with Crippen LogP contribution in [0.1, 0.15) is 77.2 Å². The van der Waals surface area contributed by atoms with E-state index >= 15 is 0 Å². The van der Waals surface area contributed by atoms with Gasteiger partial charge in [0.05, 0.1) is 13.2 Å². The molecule has 0 amide bonds. The largest absolute Gasteiger partial charge is 0.494 e. The molecular formula is C26H39NO2. The van der Waals surface area contributed by atoms with Crippen LogP contribution in [0.5, 0.6) is 11.5 Å². The molecule has 0 saturated carbocycles. The Balaban J connectivity index is 1.68. The van der Waals surface area contributed by atoms with Crippen LogP contribution in [0.2, 0.25) is 0 Å². The lowest BCUT2D eigenvalue weighted by Crippen LogP contribution is -2.01. The summed E-state index contributed by atoms with van der Waals surface area (Å²) in [6.45, 7) is 6.87. The van der Waals surface area contributed by atoms with E-state index in [-0.39, 0.29) is 0 Å². The van der Waals surface area contributed by atoms with Gasteiger partial charge in [0.1, 0.15) is 11.5 Å². The Morgan fingerprint density at radius 2 is 1.28 bits per heavy atom. The lowest BCUT2D eigenvalue weighted by atomic mass is 10.2. The van der Waals surface area contributed by atoms with E-state index in [1.54, 1.807) is 0 Å². The lowest BCUT2D eigenvalue weighted by molar-refractivity contribution is 0.304. The van der Waals surface area contributed by atoms with Gasteiger partial charge in [0, 0.05) is 18.3 Å². The maximum absolute atomic E-state index is 5.87. The third kappa shape index (κ3) is 10.3. The number of benzene rings is 2. The van der Waals surface area contributed by atoms with E-state index in [0.717, 1.165) is 49.8 Å². The Morgan fingerprint density at radius 1 is 0.655 bits per heavy atom. The van der Waals surface area contributed by atoms with Gasteiger partial charge in [-0.15, -0.1) is 0 Å². The maximum Gasteiger partial charge on any atom is 0.121 e. The van der Waals surface area contributed by atoms with Crippen LogP contribution in [0.15, 0.2) is 48.5 Å². The van der Waals surface area contributed by atoms with Crippen molar-refractivity contribution in [2.75, 3.05) is 18.5 Å². The van der Waals surface area contributed by atoms with Crippen LogP contribution >= 0.6 is 0 Å². The van der Waals surface area contributed by atoms with Gasteiger partial charge < -0.3 is 14.8 Å². The summed E-state index contributed by atoms with van der Waals surface area (Å²) in [5.74, 6) is 1.90. The van der Waals surface area contributed by atoms with Crippen molar-refractivity contribution in [2.45, 2.75) is 78.2 Å². The van der Waals surface area contributed by atoms with Crippen molar-refractivity contribution >= 4 is 5.69 Å². The summed E-state index contributed by atoms with van der Waals surface area (Å²) in [7, 11) is 0. The second kappa shape index (κ2) is 14.8. The first-order chi connectivity index (χ1) is 14.3. The molecule has 0 aliphatic carbocycles. The van der Waals surface area contributed by atoms with Crippen LogP contribution in [-0.4, -0.2) is 13.2 Å². The van der Waals surface area contributed by atoms with Gasteiger partial charge in [-0.25, -0.2) is 0 Å². The molecule has 2 rings (SSSR count). The summed E-state index contributed by atoms with van der Waals surface area (Å²) in [5.41, 5.74) is 2.33. The smallest absolute Gasteiger partial charge is 0.121 e. The highest BCUT2D eigenvalue weighted by atomic mass is 16.5. The Labute approximate surface area is 177 Å². The van der Waals surface area contributed by atoms with E-state index in [0.29, 0.717) is 0 Å². The Bertz CT molecular complexity index is 654. The second-order valence-electron chi connectivity index (χ2n) is 7.70. The van der Waals surface area contributed by atoms with E-state index in [4.69, 9.17) is 9.47 Å². The highest BCUT2D eigenvalue weighted by molar-refractivity contribution is 5.48. The maximum atomic E-state index is 5.87. The van der Waals surface area contributed by atoms with Crippen LogP contribution in [0.3, 0.4) is 0 Å². The highest BCUT2D eigenvalue weighted by Crippen LogP contribution is 2.19. The molecule has 0 fully saturated rings. The van der Waals surface area contributed by atoms with Crippen LogP contribution < -0.4 is 14.8 Å². The van der Waals surface area contributed by atoms with Crippen molar-refractivity contribution in [3.05, 3.63) is 54.1 Å². The first-order valence-electron chi connectivity index (χ1n) is 11.5. The zero-order valence-electron chi connectivity index (χ0n) is 18.4. The topological polar surface area (TPSA) is 30.5 Å². The molecule has 0 radical (unpaired) electrons. The number of rotatable bonds is 16. The van der Waals surface area contributed by atoms with Gasteiger partial charge in [-0.1, -0.05) is 77.0 Å². The van der Waals surface area contributed by atoms with Crippen molar-refractivity contribution in [1.82, 2.24) is 0 Å². The zero-order chi connectivity index (χ0) is 20.6. The molecule has 3 nitrogen and oxygen atoms in total. The molecule has 0 unspecified atom stereocenters. The van der Waals surface area contributed by atoms with E-state index in [2.05, 4.69) is 55.6 Å². The molecule has 0 aliphatic heterocycles. The van der Waals surface area contributed by atoms with Crippen LogP contribution in [0.4, 0.5) is 5.69 Å². The fraction of sp³-hybridized carbons (Fsp3) is 0.538. The number of unbranched alkanes of at least 4 members (excludes halogenated alkanes) is 7. The SMILES string of the molecule is CCCCCCCOc1ccc(CNc2cccc(OCCCCCC)c2)cc1. The van der Waals surface area contributed by atoms with Gasteiger partial charge in [0.15, 0.2) is 0 Å². The Hall–Kier alpha value is -2.16. The van der Waals surface area contributed by atoms with Crippen molar-refractivity contribution in [3.63, 3.8) is 0 Å². The van der Waals surface area contributed by atoms with Gasteiger partial charge >= 0.3 is 0 Å². The highest BCUT2D eigenvalue weighted by Gasteiger charge is 2.00. The minimum atomic E-state index is 0.789. The van der Waals surface area contributed by atoms with Crippen molar-refractivity contribution < 1.29 is 9.47 Å². The van der Waals surface area contributed by atoms with E-state index in [1.807, 2.05) is 12.1 Å². The molecule has 2 aromatic rings. The molecule has 0 saturated heterocycles. The van der Waals surface area contributed by atoms with Crippen molar-refractivity contribution in [3.8, 4) is 11.5 Å². The summed E-state index contributed by atoms with van der Waals surface area (Å²) >= 11 is 0. The Kier molecular flexibility index (Phi) is 11.8. The average molecular weight is 398 g/mol. The molecule has 1 N–H and O–H groups in total. The average Bonchev–Trinajstić information content (AvgIpc) is 2.76. The van der Waals surface area contributed by atoms with Crippen LogP contribution in [-0.2, 0) is 6.54 Å². The number of hydrogen-bond acceptors (Lipinski definition) is 3. The molecule has 0 atom stereocenters. The minimum Gasteiger partial charge on any atom is -0.494 e. The van der Waals surface area contributed by atoms with E-state index in [1.165, 1.54) is 50.5 Å². The van der Waals surface area contributed by atoms with Crippen LogP contribution in [0, 0.1) is 0 Å². The van der Waals surface area contributed by atoms with Crippen molar-refractivity contribution in [2.24, 2.45) is 0 Å². The molecule has 3 heteroatoms. The second-order valence-corrected chi connectivity index (χ2v) is 7.70. The standard InChI is InChI=1S/C26H39NO2/c1-3-5-7-9-11-19-28-25-17-15-23(16-18-25)22-27-24-13-12-14-26(21-24)29-20-10-8-6-4-2/h12-18,21,27H,3-11,19-20,22H2,1-2H3. The predicted molar refractivity (Wildman–Crippen MR) is 124 cm³/mol. The minimum absolute atomic E-state index is 0.789. The van der Waals surface area contributed by atoms with Gasteiger partial charge in [-0.3, -0.25) is 0 Å². The monoisotopic (exact) mass is 397 g/mol. The first kappa shape index (κ1) is 23.1. The zero-order valence-corrected chi connectivity index (χ0v) is 18.4. The molecule has 0 spiro atoms. The van der Waals surface area contributed by atoms with Gasteiger partial charge in [-0.05, 0) is 42.7 Å². The van der Waals surface area contributed by atoms with Gasteiger partial charge in [0.25, 0.3) is 0 Å². The summed E-state index contributed by atoms with van der Waals surface area (Å²) < 4.78 is 11.7. The van der Waals surface area contributed by atoms with Gasteiger partial charge in [0.2, 0.25) is 0 Å². The summed E-state index contributed by atoms with van der Waals surface area (Å²) in [5, 5.41) is 3.48. The fourth-order valence-corrected chi connectivity index (χ4v) is 3.22. The van der Waals surface area contributed by atoms with E-state index in [9.17, 15) is 0 Å². The molecule has 0 aliphatic rings. The van der Waals surface area contributed by atoms with Gasteiger partial charge in [-0.2, -0.15) is 0 Å². The van der Waals surface area contributed by atoms with E-state index < -0.39 is 0 Å². The normalized spacial score (nSPS) is 10.7. The molecule has 0 heterocycles. The third-order valence-corrected chi connectivity index (χ3v) is 5.04. The molecule has 2 aromatic carbocycles. The Morgan fingerprint density at radius 3 is 1.97 bits per heavy atom. The molecule has 160 valence electrons. The third-order valence-electron chi connectivity index (χ3n) is 5.04. The first-order valence-corrected chi connectivity index (χ1v) is 11.5. The molecular weight excluding hydrogens is 358 g/mol. The predicted octanol–water partition coefficient (Wildman–Crippen LogP) is 7.61. The number of anilines is 1. The molecule has 0 bridgehead atoms. The number of ether oxygens (including phenoxy) is 2. The quantitative estimate of drug-likeness (QED) is 0.296. The van der Waals surface area contributed by atoms with Crippen LogP contribution in [0.25, 0.3) is 0 Å². The molecule has 29 heavy (non-hydrogen) atoms. The molecule has 0 aromatic heterocycles. The summed E-state index contributed by atoms with van der Waals surface area (Å²) in [6.07, 6.45) is 11.2. The lowest BCUT2D eigenvalue weighted by Gasteiger charge is -2.11. The number of nitrogens with one attached hydrogen (secondary N) is 1. The van der Waals surface area contributed by atoms with Crippen molar-refractivity contribution in [1.29, 1.82) is 0 Å². The summed E-state index contributed by atoms with van der Waals surface area (Å²) in [6, 6.07) is 16.6. The fourth-order valence-electron chi connectivity index (χ4n) is 3.22.